The highest BCUT2D eigenvalue weighted by atomic mass is 16.6. The van der Waals surface area contributed by atoms with E-state index in [1.54, 1.807) is 0 Å². The van der Waals surface area contributed by atoms with Crippen LogP contribution in [-0.4, -0.2) is 22.4 Å². The predicted molar refractivity (Wildman–Crippen MR) is 97.5 cm³/mol. The second kappa shape index (κ2) is 4.58. The Morgan fingerprint density at radius 3 is 2.36 bits per heavy atom. The molecule has 4 aromatic rings. The zero-order valence-electron chi connectivity index (χ0n) is 13.4. The smallest absolute Gasteiger partial charge is 0.118 e. The van der Waals surface area contributed by atoms with Crippen LogP contribution in [0.15, 0.2) is 60.7 Å². The summed E-state index contributed by atoms with van der Waals surface area (Å²) in [5.41, 5.74) is 1.83. The van der Waals surface area contributed by atoms with E-state index in [2.05, 4.69) is 48.5 Å². The Balaban J connectivity index is 1.72. The standard InChI is InChI=1S/C22H16O3/c23-19-15-8-7-13-9-16-12(6-5-11-3-1-2-4-14(11)16)10-17(13)18(15)21-22(25-21)20(19)24/h1-10,19-24H/t19-,20+,21-,22+/m1/s1. The molecule has 0 unspecified atom stereocenters. The third-order valence-corrected chi connectivity index (χ3v) is 5.75. The molecule has 1 aliphatic heterocycles. The summed E-state index contributed by atoms with van der Waals surface area (Å²) < 4.78 is 5.67. The molecule has 4 aromatic carbocycles. The predicted octanol–water partition coefficient (Wildman–Crippen LogP) is 3.99. The highest BCUT2D eigenvalue weighted by molar-refractivity contribution is 6.12. The van der Waals surface area contributed by atoms with E-state index in [4.69, 9.17) is 4.74 Å². The number of aliphatic hydroxyl groups is 2. The molecule has 0 saturated carbocycles. The van der Waals surface area contributed by atoms with Gasteiger partial charge in [0.05, 0.1) is 0 Å². The molecule has 25 heavy (non-hydrogen) atoms. The first-order valence-corrected chi connectivity index (χ1v) is 8.62. The van der Waals surface area contributed by atoms with Crippen LogP contribution in [0.2, 0.25) is 0 Å². The van der Waals surface area contributed by atoms with Crippen LogP contribution in [-0.2, 0) is 4.74 Å². The number of hydrogen-bond acceptors (Lipinski definition) is 3. The first-order valence-electron chi connectivity index (χ1n) is 8.62. The van der Waals surface area contributed by atoms with E-state index in [0.717, 1.165) is 21.9 Å². The number of epoxide rings is 1. The van der Waals surface area contributed by atoms with Crippen molar-refractivity contribution in [1.29, 1.82) is 0 Å². The molecule has 0 amide bonds. The Labute approximate surface area is 144 Å². The number of ether oxygens (including phenoxy) is 1. The zero-order valence-corrected chi connectivity index (χ0v) is 13.4. The van der Waals surface area contributed by atoms with Crippen molar-refractivity contribution >= 4 is 32.3 Å². The molecule has 2 N–H and O–H groups in total. The summed E-state index contributed by atoms with van der Waals surface area (Å²) in [5, 5.41) is 27.7. The zero-order chi connectivity index (χ0) is 16.7. The minimum Gasteiger partial charge on any atom is -0.387 e. The first kappa shape index (κ1) is 13.8. The van der Waals surface area contributed by atoms with Gasteiger partial charge in [-0.2, -0.15) is 0 Å². The van der Waals surface area contributed by atoms with Crippen molar-refractivity contribution in [2.24, 2.45) is 0 Å². The molecule has 0 spiro atoms. The van der Waals surface area contributed by atoms with E-state index in [1.165, 1.54) is 21.5 Å². The summed E-state index contributed by atoms with van der Waals surface area (Å²) in [6, 6.07) is 21.1. The van der Waals surface area contributed by atoms with Gasteiger partial charge in [0, 0.05) is 0 Å². The summed E-state index contributed by atoms with van der Waals surface area (Å²) in [5.74, 6) is 0. The third-order valence-electron chi connectivity index (χ3n) is 5.75. The van der Waals surface area contributed by atoms with Crippen molar-refractivity contribution in [1.82, 2.24) is 0 Å². The molecule has 1 aliphatic carbocycles. The molecule has 2 aliphatic rings. The van der Waals surface area contributed by atoms with Crippen LogP contribution in [0.1, 0.15) is 23.3 Å². The average Bonchev–Trinajstić information content (AvgIpc) is 3.44. The van der Waals surface area contributed by atoms with Crippen molar-refractivity contribution in [3.05, 3.63) is 71.8 Å². The number of fused-ring (bicyclic) bond motifs is 8. The van der Waals surface area contributed by atoms with Gasteiger partial charge in [-0.05, 0) is 55.6 Å². The number of aliphatic hydroxyl groups excluding tert-OH is 2. The lowest BCUT2D eigenvalue weighted by Gasteiger charge is -2.24. The van der Waals surface area contributed by atoms with Crippen molar-refractivity contribution in [3.63, 3.8) is 0 Å². The van der Waals surface area contributed by atoms with E-state index >= 15 is 0 Å². The summed E-state index contributed by atoms with van der Waals surface area (Å²) in [6.45, 7) is 0. The molecule has 6 rings (SSSR count). The van der Waals surface area contributed by atoms with Gasteiger partial charge >= 0.3 is 0 Å². The maximum Gasteiger partial charge on any atom is 0.118 e. The fourth-order valence-corrected chi connectivity index (χ4v) is 4.42. The summed E-state index contributed by atoms with van der Waals surface area (Å²) in [7, 11) is 0. The van der Waals surface area contributed by atoms with E-state index in [1.807, 2.05) is 12.1 Å². The summed E-state index contributed by atoms with van der Waals surface area (Å²) in [4.78, 5) is 0. The van der Waals surface area contributed by atoms with Crippen LogP contribution >= 0.6 is 0 Å². The fraction of sp³-hybridized carbons (Fsp3) is 0.182. The van der Waals surface area contributed by atoms with Crippen molar-refractivity contribution in [2.75, 3.05) is 0 Å². The van der Waals surface area contributed by atoms with Gasteiger partial charge in [-0.1, -0.05) is 48.5 Å². The van der Waals surface area contributed by atoms with Gasteiger partial charge in [0.1, 0.15) is 24.4 Å². The highest BCUT2D eigenvalue weighted by Gasteiger charge is 2.54. The molecular weight excluding hydrogens is 312 g/mol. The Morgan fingerprint density at radius 1 is 0.720 bits per heavy atom. The summed E-state index contributed by atoms with van der Waals surface area (Å²) in [6.07, 6.45) is -2.09. The largest absolute Gasteiger partial charge is 0.387 e. The fourth-order valence-electron chi connectivity index (χ4n) is 4.42. The second-order valence-corrected chi connectivity index (χ2v) is 7.11. The Kier molecular flexibility index (Phi) is 2.53. The molecule has 1 heterocycles. The van der Waals surface area contributed by atoms with Crippen LogP contribution in [0, 0.1) is 0 Å². The quantitative estimate of drug-likeness (QED) is 0.291. The first-order chi connectivity index (χ1) is 12.2. The average molecular weight is 328 g/mol. The highest BCUT2D eigenvalue weighted by Crippen LogP contribution is 2.53. The lowest BCUT2D eigenvalue weighted by molar-refractivity contribution is 0.000106. The minimum absolute atomic E-state index is 0.102. The number of rotatable bonds is 0. The molecule has 0 bridgehead atoms. The minimum atomic E-state index is -0.879. The molecule has 3 nitrogen and oxygen atoms in total. The lowest BCUT2D eigenvalue weighted by Crippen LogP contribution is -2.29. The van der Waals surface area contributed by atoms with E-state index in [9.17, 15) is 10.2 Å². The topological polar surface area (TPSA) is 53.0 Å². The number of benzene rings is 4. The molecule has 1 fully saturated rings. The maximum atomic E-state index is 10.4. The van der Waals surface area contributed by atoms with E-state index in [-0.39, 0.29) is 12.2 Å². The van der Waals surface area contributed by atoms with Crippen LogP contribution in [0.25, 0.3) is 32.3 Å². The van der Waals surface area contributed by atoms with Crippen LogP contribution in [0.4, 0.5) is 0 Å². The number of hydrogen-bond donors (Lipinski definition) is 2. The van der Waals surface area contributed by atoms with Gasteiger partial charge in [-0.3, -0.25) is 0 Å². The van der Waals surface area contributed by atoms with Gasteiger partial charge in [0.25, 0.3) is 0 Å². The molecule has 4 atom stereocenters. The molecule has 0 radical (unpaired) electrons. The van der Waals surface area contributed by atoms with Gasteiger partial charge in [-0.25, -0.2) is 0 Å². The Morgan fingerprint density at radius 2 is 1.44 bits per heavy atom. The van der Waals surface area contributed by atoms with Crippen LogP contribution in [0.5, 0.6) is 0 Å². The molecule has 3 heteroatoms. The van der Waals surface area contributed by atoms with Crippen molar-refractivity contribution < 1.29 is 14.9 Å². The van der Waals surface area contributed by atoms with Gasteiger partial charge in [0.2, 0.25) is 0 Å². The second-order valence-electron chi connectivity index (χ2n) is 7.11. The van der Waals surface area contributed by atoms with Gasteiger partial charge < -0.3 is 14.9 Å². The Hall–Kier alpha value is -2.46. The van der Waals surface area contributed by atoms with Crippen LogP contribution in [0.3, 0.4) is 0 Å². The van der Waals surface area contributed by atoms with Crippen LogP contribution < -0.4 is 0 Å². The molecule has 0 aromatic heterocycles. The van der Waals surface area contributed by atoms with Gasteiger partial charge in [-0.15, -0.1) is 0 Å². The van der Waals surface area contributed by atoms with Crippen molar-refractivity contribution in [2.45, 2.75) is 24.4 Å². The maximum absolute atomic E-state index is 10.4. The normalized spacial score (nSPS) is 27.4. The molecule has 122 valence electrons. The lowest BCUT2D eigenvalue weighted by atomic mass is 9.83. The third kappa shape index (κ3) is 1.75. The van der Waals surface area contributed by atoms with E-state index in [0.29, 0.717) is 0 Å². The van der Waals surface area contributed by atoms with Crippen molar-refractivity contribution in [3.8, 4) is 0 Å². The van der Waals surface area contributed by atoms with E-state index < -0.39 is 12.2 Å². The summed E-state index contributed by atoms with van der Waals surface area (Å²) >= 11 is 0. The molecular formula is C22H16O3. The Bertz CT molecular complexity index is 1180. The molecule has 1 saturated heterocycles. The van der Waals surface area contributed by atoms with Gasteiger partial charge in [0.15, 0.2) is 0 Å². The SMILES string of the molecule is O[C@@H]1[C@@H]2O[C@@H]2c2c(ccc3cc4c(ccc5ccccc54)cc23)[C@H]1O. The monoisotopic (exact) mass is 328 g/mol.